The van der Waals surface area contributed by atoms with Crippen molar-refractivity contribution >= 4 is 18.4 Å². The Hall–Kier alpha value is -1.88. The highest BCUT2D eigenvalue weighted by atomic mass is 35.5. The molecule has 0 unspecified atom stereocenters. The number of methoxy groups -OCH3 is 1. The Balaban J connectivity index is 0.00000242. The Kier molecular flexibility index (Phi) is 7.05. The maximum Gasteiger partial charge on any atom is 0.337 e. The second-order valence-corrected chi connectivity index (χ2v) is 4.90. The Bertz CT molecular complexity index is 587. The number of carbonyl (C=O) groups is 1. The molecule has 0 spiro atoms. The summed E-state index contributed by atoms with van der Waals surface area (Å²) in [4.78, 5) is 11.4. The molecule has 0 heterocycles. The lowest BCUT2D eigenvalue weighted by Gasteiger charge is -2.19. The average molecular weight is 322 g/mol. The molecule has 0 fully saturated rings. The molecule has 0 aliphatic heterocycles. The maximum absolute atomic E-state index is 11.4. The van der Waals surface area contributed by atoms with Gasteiger partial charge in [0, 0.05) is 6.42 Å². The molecular formula is C17H20ClNO3. The fourth-order valence-corrected chi connectivity index (χ4v) is 2.16. The van der Waals surface area contributed by atoms with Gasteiger partial charge in [0.05, 0.1) is 24.8 Å². The van der Waals surface area contributed by atoms with E-state index in [-0.39, 0.29) is 18.4 Å². The third-order valence-corrected chi connectivity index (χ3v) is 3.42. The molecule has 2 aromatic carbocycles. The van der Waals surface area contributed by atoms with E-state index >= 15 is 0 Å². The van der Waals surface area contributed by atoms with Gasteiger partial charge in [-0.15, -0.1) is 12.4 Å². The molecule has 22 heavy (non-hydrogen) atoms. The Labute approximate surface area is 136 Å². The number of benzene rings is 2. The smallest absolute Gasteiger partial charge is 0.337 e. The molecule has 0 bridgehead atoms. The Morgan fingerprint density at radius 2 is 1.73 bits per heavy atom. The van der Waals surface area contributed by atoms with Crippen LogP contribution in [-0.4, -0.2) is 24.3 Å². The van der Waals surface area contributed by atoms with Crippen LogP contribution in [0.15, 0.2) is 54.6 Å². The normalized spacial score (nSPS) is 12.9. The Morgan fingerprint density at radius 1 is 1.14 bits per heavy atom. The topological polar surface area (TPSA) is 72.5 Å². The van der Waals surface area contributed by atoms with E-state index in [1.807, 2.05) is 30.3 Å². The maximum atomic E-state index is 11.4. The molecule has 0 amide bonds. The van der Waals surface area contributed by atoms with Crippen LogP contribution in [0.3, 0.4) is 0 Å². The van der Waals surface area contributed by atoms with Crippen LogP contribution in [0.4, 0.5) is 0 Å². The van der Waals surface area contributed by atoms with E-state index in [0.29, 0.717) is 12.0 Å². The van der Waals surface area contributed by atoms with Gasteiger partial charge in [0.15, 0.2) is 0 Å². The van der Waals surface area contributed by atoms with Gasteiger partial charge in [0.1, 0.15) is 0 Å². The summed E-state index contributed by atoms with van der Waals surface area (Å²) in [5.74, 6) is -0.389. The van der Waals surface area contributed by atoms with E-state index in [4.69, 9.17) is 5.73 Å². The van der Waals surface area contributed by atoms with E-state index in [1.165, 1.54) is 7.11 Å². The van der Waals surface area contributed by atoms with Crippen LogP contribution in [-0.2, 0) is 11.2 Å². The van der Waals surface area contributed by atoms with Crippen molar-refractivity contribution in [2.24, 2.45) is 5.73 Å². The van der Waals surface area contributed by atoms with Gasteiger partial charge in [-0.05, 0) is 23.3 Å². The molecule has 0 radical (unpaired) electrons. The molecule has 0 aromatic heterocycles. The predicted octanol–water partition coefficient (Wildman–Crippen LogP) is 2.50. The minimum Gasteiger partial charge on any atom is -0.465 e. The molecule has 2 aromatic rings. The highest BCUT2D eigenvalue weighted by Crippen LogP contribution is 2.18. The second-order valence-electron chi connectivity index (χ2n) is 4.90. The first-order valence-electron chi connectivity index (χ1n) is 6.77. The lowest BCUT2D eigenvalue weighted by Crippen LogP contribution is -2.28. The summed E-state index contributed by atoms with van der Waals surface area (Å²) in [6, 6.07) is 16.0. The standard InChI is InChI=1S/C17H19NO3.ClH/c1-21-17(20)14-9-7-13(8-10-14)16(18)15(19)11-12-5-3-2-4-6-12;/h2-10,15-16,19H,11,18H2,1H3;1H/t15-,16+;/m0./s1. The SMILES string of the molecule is COC(=O)c1ccc([C@@H](N)[C@@H](O)Cc2ccccc2)cc1.Cl. The minimum absolute atomic E-state index is 0. The fourth-order valence-electron chi connectivity index (χ4n) is 2.16. The van der Waals surface area contributed by atoms with Crippen molar-refractivity contribution in [1.29, 1.82) is 0 Å². The third-order valence-electron chi connectivity index (χ3n) is 3.42. The van der Waals surface area contributed by atoms with Crippen molar-refractivity contribution in [3.05, 3.63) is 71.3 Å². The predicted molar refractivity (Wildman–Crippen MR) is 88.1 cm³/mol. The lowest BCUT2D eigenvalue weighted by molar-refractivity contribution is 0.0600. The number of hydrogen-bond donors (Lipinski definition) is 2. The number of aliphatic hydroxyl groups excluding tert-OH is 1. The van der Waals surface area contributed by atoms with Crippen LogP contribution in [0.25, 0.3) is 0 Å². The van der Waals surface area contributed by atoms with Crippen LogP contribution >= 0.6 is 12.4 Å². The molecule has 0 aliphatic carbocycles. The van der Waals surface area contributed by atoms with Gasteiger partial charge in [-0.2, -0.15) is 0 Å². The minimum atomic E-state index is -0.684. The molecule has 2 atom stereocenters. The van der Waals surface area contributed by atoms with E-state index < -0.39 is 12.1 Å². The van der Waals surface area contributed by atoms with Crippen LogP contribution in [0.5, 0.6) is 0 Å². The quantitative estimate of drug-likeness (QED) is 0.830. The van der Waals surface area contributed by atoms with Gasteiger partial charge in [0.25, 0.3) is 0 Å². The number of ether oxygens (including phenoxy) is 1. The second kappa shape index (κ2) is 8.54. The van der Waals surface area contributed by atoms with Crippen molar-refractivity contribution < 1.29 is 14.6 Å². The molecule has 4 nitrogen and oxygen atoms in total. The van der Waals surface area contributed by atoms with E-state index in [9.17, 15) is 9.90 Å². The number of esters is 1. The molecule has 2 rings (SSSR count). The molecule has 3 N–H and O–H groups in total. The number of hydrogen-bond acceptors (Lipinski definition) is 4. The molecular weight excluding hydrogens is 302 g/mol. The van der Waals surface area contributed by atoms with Gasteiger partial charge in [-0.1, -0.05) is 42.5 Å². The summed E-state index contributed by atoms with van der Waals surface area (Å²) in [5.41, 5.74) is 8.36. The first-order valence-corrected chi connectivity index (χ1v) is 6.77. The number of aliphatic hydroxyl groups is 1. The fraction of sp³-hybridized carbons (Fsp3) is 0.235. The number of carbonyl (C=O) groups excluding carboxylic acids is 1. The van der Waals surface area contributed by atoms with Gasteiger partial charge >= 0.3 is 5.97 Å². The van der Waals surface area contributed by atoms with Gasteiger partial charge in [-0.3, -0.25) is 0 Å². The summed E-state index contributed by atoms with van der Waals surface area (Å²) in [7, 11) is 1.34. The monoisotopic (exact) mass is 321 g/mol. The van der Waals surface area contributed by atoms with Gasteiger partial charge in [-0.25, -0.2) is 4.79 Å². The largest absolute Gasteiger partial charge is 0.465 e. The molecule has 0 saturated heterocycles. The van der Waals surface area contributed by atoms with Crippen LogP contribution in [0.1, 0.15) is 27.5 Å². The highest BCUT2D eigenvalue weighted by molar-refractivity contribution is 5.89. The highest BCUT2D eigenvalue weighted by Gasteiger charge is 2.17. The van der Waals surface area contributed by atoms with E-state index in [2.05, 4.69) is 4.74 Å². The van der Waals surface area contributed by atoms with Crippen molar-refractivity contribution in [1.82, 2.24) is 0 Å². The lowest BCUT2D eigenvalue weighted by atomic mass is 9.96. The molecule has 0 saturated carbocycles. The summed E-state index contributed by atoms with van der Waals surface area (Å²) in [5, 5.41) is 10.2. The zero-order valence-corrected chi connectivity index (χ0v) is 13.1. The Morgan fingerprint density at radius 3 is 2.27 bits per heavy atom. The van der Waals surface area contributed by atoms with Crippen molar-refractivity contribution in [3.63, 3.8) is 0 Å². The van der Waals surface area contributed by atoms with Crippen LogP contribution in [0.2, 0.25) is 0 Å². The summed E-state index contributed by atoms with van der Waals surface area (Å²) in [6.45, 7) is 0. The molecule has 118 valence electrons. The van der Waals surface area contributed by atoms with Crippen molar-refractivity contribution in [2.75, 3.05) is 7.11 Å². The van der Waals surface area contributed by atoms with E-state index in [1.54, 1.807) is 24.3 Å². The summed E-state index contributed by atoms with van der Waals surface area (Å²) < 4.78 is 4.64. The number of nitrogens with two attached hydrogens (primary N) is 1. The summed E-state index contributed by atoms with van der Waals surface area (Å²) in [6.07, 6.45) is -0.197. The average Bonchev–Trinajstić information content (AvgIpc) is 2.54. The molecule has 0 aliphatic rings. The number of rotatable bonds is 5. The zero-order chi connectivity index (χ0) is 15.2. The van der Waals surface area contributed by atoms with Crippen LogP contribution in [0, 0.1) is 0 Å². The van der Waals surface area contributed by atoms with E-state index in [0.717, 1.165) is 11.1 Å². The van der Waals surface area contributed by atoms with Crippen LogP contribution < -0.4 is 5.73 Å². The van der Waals surface area contributed by atoms with Crippen molar-refractivity contribution in [3.8, 4) is 0 Å². The van der Waals surface area contributed by atoms with Gasteiger partial charge < -0.3 is 15.6 Å². The zero-order valence-electron chi connectivity index (χ0n) is 12.3. The first kappa shape index (κ1) is 18.2. The summed E-state index contributed by atoms with van der Waals surface area (Å²) >= 11 is 0. The first-order chi connectivity index (χ1) is 10.1. The van der Waals surface area contributed by atoms with Gasteiger partial charge in [0.2, 0.25) is 0 Å². The third kappa shape index (κ3) is 4.56. The number of halogens is 1. The van der Waals surface area contributed by atoms with Crippen molar-refractivity contribution in [2.45, 2.75) is 18.6 Å². The molecule has 5 heteroatoms.